The van der Waals surface area contributed by atoms with E-state index in [0.717, 1.165) is 16.6 Å². The first-order valence-electron chi connectivity index (χ1n) is 9.32. The number of anilines is 1. The molecular weight excluding hydrogens is 402 g/mol. The molecule has 4 aromatic rings. The zero-order valence-corrected chi connectivity index (χ0v) is 17.3. The van der Waals surface area contributed by atoms with Gasteiger partial charge in [-0.2, -0.15) is 0 Å². The number of fused-ring (bicyclic) bond motifs is 1. The van der Waals surface area contributed by atoms with Gasteiger partial charge < -0.3 is 19.4 Å². The second kappa shape index (κ2) is 8.47. The SMILES string of the molecule is COc1ccc(NC(=O)Cn2c(-c3ccccc3Cl)nc3ccccc32)c(OC)c1. The van der Waals surface area contributed by atoms with Crippen LogP contribution in [0.1, 0.15) is 0 Å². The second-order valence-electron chi connectivity index (χ2n) is 6.60. The molecule has 0 aliphatic heterocycles. The molecule has 7 heteroatoms. The minimum absolute atomic E-state index is 0.0657. The summed E-state index contributed by atoms with van der Waals surface area (Å²) in [6, 6.07) is 20.4. The molecule has 0 saturated heterocycles. The number of ether oxygens (including phenoxy) is 2. The van der Waals surface area contributed by atoms with E-state index in [9.17, 15) is 4.79 Å². The van der Waals surface area contributed by atoms with Gasteiger partial charge in [0.05, 0.1) is 36.0 Å². The maximum absolute atomic E-state index is 12.9. The largest absolute Gasteiger partial charge is 0.497 e. The molecule has 0 bridgehead atoms. The normalized spacial score (nSPS) is 10.8. The fourth-order valence-corrected chi connectivity index (χ4v) is 3.54. The molecule has 0 radical (unpaired) electrons. The van der Waals surface area contributed by atoms with Crippen molar-refractivity contribution in [3.63, 3.8) is 0 Å². The number of rotatable bonds is 6. The van der Waals surface area contributed by atoms with Crippen molar-refractivity contribution in [2.24, 2.45) is 0 Å². The molecule has 0 saturated carbocycles. The number of methoxy groups -OCH3 is 2. The van der Waals surface area contributed by atoms with Gasteiger partial charge in [-0.3, -0.25) is 4.79 Å². The predicted octanol–water partition coefficient (Wildman–Crippen LogP) is 5.01. The maximum atomic E-state index is 12.9. The average Bonchev–Trinajstić information content (AvgIpc) is 3.12. The van der Waals surface area contributed by atoms with E-state index in [-0.39, 0.29) is 12.5 Å². The Morgan fingerprint density at radius 2 is 1.80 bits per heavy atom. The second-order valence-corrected chi connectivity index (χ2v) is 7.01. The van der Waals surface area contributed by atoms with E-state index < -0.39 is 0 Å². The summed E-state index contributed by atoms with van der Waals surface area (Å²) in [4.78, 5) is 17.7. The van der Waals surface area contributed by atoms with E-state index in [1.54, 1.807) is 32.4 Å². The summed E-state index contributed by atoms with van der Waals surface area (Å²) in [7, 11) is 3.12. The first-order chi connectivity index (χ1) is 14.6. The van der Waals surface area contributed by atoms with Crippen molar-refractivity contribution in [1.82, 2.24) is 9.55 Å². The molecular formula is C23H20ClN3O3. The molecule has 30 heavy (non-hydrogen) atoms. The van der Waals surface area contributed by atoms with Gasteiger partial charge in [-0.05, 0) is 36.4 Å². The maximum Gasteiger partial charge on any atom is 0.244 e. The van der Waals surface area contributed by atoms with Gasteiger partial charge in [-0.1, -0.05) is 35.9 Å². The fourth-order valence-electron chi connectivity index (χ4n) is 3.32. The van der Waals surface area contributed by atoms with Gasteiger partial charge in [0.15, 0.2) is 0 Å². The van der Waals surface area contributed by atoms with Crippen molar-refractivity contribution >= 4 is 34.2 Å². The lowest BCUT2D eigenvalue weighted by molar-refractivity contribution is -0.116. The minimum atomic E-state index is -0.213. The van der Waals surface area contributed by atoms with E-state index in [4.69, 9.17) is 26.1 Å². The standard InChI is InChI=1S/C23H20ClN3O3/c1-29-15-11-12-19(21(13-15)30-2)25-22(28)14-27-20-10-6-5-9-18(20)26-23(27)16-7-3-4-8-17(16)24/h3-13H,14H2,1-2H3,(H,25,28). The van der Waals surface area contributed by atoms with Crippen LogP contribution >= 0.6 is 11.6 Å². The number of nitrogens with zero attached hydrogens (tertiary/aromatic N) is 2. The molecule has 0 fully saturated rings. The molecule has 0 spiro atoms. The van der Waals surface area contributed by atoms with Gasteiger partial charge in [0.2, 0.25) is 5.91 Å². The van der Waals surface area contributed by atoms with Gasteiger partial charge in [0.1, 0.15) is 23.9 Å². The first kappa shape index (κ1) is 19.8. The molecule has 3 aromatic carbocycles. The third-order valence-electron chi connectivity index (χ3n) is 4.75. The smallest absolute Gasteiger partial charge is 0.244 e. The Labute approximate surface area is 179 Å². The number of halogens is 1. The Kier molecular flexibility index (Phi) is 5.59. The van der Waals surface area contributed by atoms with Crippen LogP contribution in [-0.2, 0) is 11.3 Å². The monoisotopic (exact) mass is 421 g/mol. The lowest BCUT2D eigenvalue weighted by Gasteiger charge is -2.13. The molecule has 6 nitrogen and oxygen atoms in total. The number of aromatic nitrogens is 2. The Morgan fingerprint density at radius 1 is 1.03 bits per heavy atom. The summed E-state index contributed by atoms with van der Waals surface area (Å²) >= 11 is 6.41. The van der Waals surface area contributed by atoms with E-state index in [0.29, 0.717) is 28.0 Å². The molecule has 1 amide bonds. The van der Waals surface area contributed by atoms with Gasteiger partial charge in [-0.25, -0.2) is 4.98 Å². The van der Waals surface area contributed by atoms with E-state index in [1.807, 2.05) is 53.1 Å². The van der Waals surface area contributed by atoms with Crippen LogP contribution in [0.3, 0.4) is 0 Å². The topological polar surface area (TPSA) is 65.4 Å². The van der Waals surface area contributed by atoms with Crippen molar-refractivity contribution in [2.75, 3.05) is 19.5 Å². The Morgan fingerprint density at radius 3 is 2.57 bits per heavy atom. The summed E-state index contributed by atoms with van der Waals surface area (Å²) in [5.74, 6) is 1.59. The van der Waals surface area contributed by atoms with Crippen molar-refractivity contribution in [1.29, 1.82) is 0 Å². The van der Waals surface area contributed by atoms with Crippen LogP contribution in [0.25, 0.3) is 22.4 Å². The molecule has 0 aliphatic rings. The number of carbonyl (C=O) groups is 1. The third kappa shape index (κ3) is 3.82. The van der Waals surface area contributed by atoms with Crippen molar-refractivity contribution in [2.45, 2.75) is 6.54 Å². The van der Waals surface area contributed by atoms with Crippen LogP contribution in [0.4, 0.5) is 5.69 Å². The van der Waals surface area contributed by atoms with Crippen molar-refractivity contribution in [3.05, 3.63) is 71.8 Å². The Balaban J connectivity index is 1.69. The van der Waals surface area contributed by atoms with E-state index in [2.05, 4.69) is 5.32 Å². The van der Waals surface area contributed by atoms with Crippen LogP contribution < -0.4 is 14.8 Å². The highest BCUT2D eigenvalue weighted by Gasteiger charge is 2.18. The van der Waals surface area contributed by atoms with Crippen LogP contribution in [0.15, 0.2) is 66.7 Å². The van der Waals surface area contributed by atoms with Crippen LogP contribution in [0.2, 0.25) is 5.02 Å². The quantitative estimate of drug-likeness (QED) is 0.475. The zero-order chi connectivity index (χ0) is 21.1. The lowest BCUT2D eigenvalue weighted by atomic mass is 10.2. The number of amides is 1. The minimum Gasteiger partial charge on any atom is -0.497 e. The predicted molar refractivity (Wildman–Crippen MR) is 118 cm³/mol. The molecule has 0 unspecified atom stereocenters. The van der Waals surface area contributed by atoms with Crippen LogP contribution in [0, 0.1) is 0 Å². The number of para-hydroxylation sites is 2. The van der Waals surface area contributed by atoms with Crippen molar-refractivity contribution < 1.29 is 14.3 Å². The molecule has 1 N–H and O–H groups in total. The van der Waals surface area contributed by atoms with Crippen LogP contribution in [-0.4, -0.2) is 29.7 Å². The Bertz CT molecular complexity index is 1220. The molecule has 152 valence electrons. The average molecular weight is 422 g/mol. The highest BCUT2D eigenvalue weighted by atomic mass is 35.5. The van der Waals surface area contributed by atoms with E-state index in [1.165, 1.54) is 0 Å². The Hall–Kier alpha value is -3.51. The number of nitrogens with one attached hydrogen (secondary N) is 1. The summed E-state index contributed by atoms with van der Waals surface area (Å²) in [6.45, 7) is 0.0657. The number of hydrogen-bond acceptors (Lipinski definition) is 4. The molecule has 1 heterocycles. The van der Waals surface area contributed by atoms with Crippen molar-refractivity contribution in [3.8, 4) is 22.9 Å². The number of benzene rings is 3. The third-order valence-corrected chi connectivity index (χ3v) is 5.08. The molecule has 4 rings (SSSR count). The van der Waals surface area contributed by atoms with E-state index >= 15 is 0 Å². The molecule has 0 aliphatic carbocycles. The summed E-state index contributed by atoms with van der Waals surface area (Å²) < 4.78 is 12.4. The fraction of sp³-hybridized carbons (Fsp3) is 0.130. The van der Waals surface area contributed by atoms with Gasteiger partial charge in [-0.15, -0.1) is 0 Å². The number of imidazole rings is 1. The summed E-state index contributed by atoms with van der Waals surface area (Å²) in [6.07, 6.45) is 0. The van der Waals surface area contributed by atoms with Crippen LogP contribution in [0.5, 0.6) is 11.5 Å². The lowest BCUT2D eigenvalue weighted by Crippen LogP contribution is -2.19. The number of hydrogen-bond donors (Lipinski definition) is 1. The summed E-state index contributed by atoms with van der Waals surface area (Å²) in [5, 5.41) is 3.48. The van der Waals surface area contributed by atoms with Gasteiger partial charge in [0.25, 0.3) is 0 Å². The highest BCUT2D eigenvalue weighted by Crippen LogP contribution is 2.31. The zero-order valence-electron chi connectivity index (χ0n) is 16.6. The highest BCUT2D eigenvalue weighted by molar-refractivity contribution is 6.33. The molecule has 1 aromatic heterocycles. The number of carbonyl (C=O) groups excluding carboxylic acids is 1. The molecule has 0 atom stereocenters. The summed E-state index contributed by atoms with van der Waals surface area (Å²) in [5.41, 5.74) is 2.98. The van der Waals surface area contributed by atoms with Gasteiger partial charge in [0, 0.05) is 11.6 Å². The first-order valence-corrected chi connectivity index (χ1v) is 9.70. The van der Waals surface area contributed by atoms with Gasteiger partial charge >= 0.3 is 0 Å².